The van der Waals surface area contributed by atoms with E-state index in [0.717, 1.165) is 24.1 Å². The zero-order valence-electron chi connectivity index (χ0n) is 15.1. The average Bonchev–Trinajstić information content (AvgIpc) is 3.04. The Labute approximate surface area is 152 Å². The minimum absolute atomic E-state index is 0.0437. The average molecular weight is 356 g/mol. The predicted octanol–water partition coefficient (Wildman–Crippen LogP) is 1.54. The summed E-state index contributed by atoms with van der Waals surface area (Å²) in [6.07, 6.45) is 1.75. The molecule has 1 spiro atoms. The fraction of sp³-hybridized carbons (Fsp3) is 0.526. The Kier molecular flexibility index (Phi) is 4.28. The van der Waals surface area contributed by atoms with E-state index in [9.17, 15) is 9.90 Å². The largest absolute Gasteiger partial charge is 0.392 e. The fourth-order valence-corrected chi connectivity index (χ4v) is 4.10. The summed E-state index contributed by atoms with van der Waals surface area (Å²) in [6, 6.07) is 7.87. The number of rotatable bonds is 3. The van der Waals surface area contributed by atoms with Crippen LogP contribution in [0.4, 0.5) is 0 Å². The maximum Gasteiger partial charge on any atom is 0.274 e. The van der Waals surface area contributed by atoms with Gasteiger partial charge >= 0.3 is 0 Å². The number of nitrogens with one attached hydrogen (secondary N) is 1. The summed E-state index contributed by atoms with van der Waals surface area (Å²) >= 11 is 0. The first kappa shape index (κ1) is 17.2. The van der Waals surface area contributed by atoms with Gasteiger partial charge in [0, 0.05) is 24.7 Å². The third-order valence-electron chi connectivity index (χ3n) is 5.93. The van der Waals surface area contributed by atoms with E-state index in [1.54, 1.807) is 4.68 Å². The van der Waals surface area contributed by atoms with Crippen LogP contribution in [0.1, 0.15) is 41.0 Å². The first-order valence-electron chi connectivity index (χ1n) is 9.07. The zero-order chi connectivity index (χ0) is 18.3. The Hall–Kier alpha value is -2.25. The van der Waals surface area contributed by atoms with Gasteiger partial charge in [0.2, 0.25) is 0 Å². The van der Waals surface area contributed by atoms with E-state index in [-0.39, 0.29) is 23.5 Å². The SMILES string of the molecule is Cc1ccc(-n2nnc(C(=O)N[C@@H]3C[C@@H](O)C34CCOCC4)c2C)cc1. The molecule has 0 bridgehead atoms. The van der Waals surface area contributed by atoms with Gasteiger partial charge in [-0.25, -0.2) is 4.68 Å². The van der Waals surface area contributed by atoms with Crippen LogP contribution in [0.2, 0.25) is 0 Å². The van der Waals surface area contributed by atoms with Crippen LogP contribution >= 0.6 is 0 Å². The molecule has 1 saturated carbocycles. The van der Waals surface area contributed by atoms with Gasteiger partial charge in [-0.2, -0.15) is 0 Å². The molecule has 1 amide bonds. The van der Waals surface area contributed by atoms with Crippen LogP contribution in [-0.2, 0) is 4.74 Å². The minimum Gasteiger partial charge on any atom is -0.392 e. The highest BCUT2D eigenvalue weighted by molar-refractivity contribution is 5.93. The first-order chi connectivity index (χ1) is 12.5. The number of aliphatic hydroxyl groups is 1. The first-order valence-corrected chi connectivity index (χ1v) is 9.07. The van der Waals surface area contributed by atoms with E-state index in [1.807, 2.05) is 38.1 Å². The maximum atomic E-state index is 12.8. The van der Waals surface area contributed by atoms with Crippen molar-refractivity contribution in [3.05, 3.63) is 41.2 Å². The monoisotopic (exact) mass is 356 g/mol. The van der Waals surface area contributed by atoms with Crippen molar-refractivity contribution in [2.24, 2.45) is 5.41 Å². The Balaban J connectivity index is 1.51. The van der Waals surface area contributed by atoms with Crippen LogP contribution in [0.15, 0.2) is 24.3 Å². The molecule has 1 aromatic carbocycles. The van der Waals surface area contributed by atoms with E-state index in [0.29, 0.717) is 31.0 Å². The van der Waals surface area contributed by atoms with Crippen molar-refractivity contribution in [3.8, 4) is 5.69 Å². The van der Waals surface area contributed by atoms with Crippen molar-refractivity contribution < 1.29 is 14.6 Å². The smallest absolute Gasteiger partial charge is 0.274 e. The second kappa shape index (κ2) is 6.48. The van der Waals surface area contributed by atoms with Crippen molar-refractivity contribution in [2.45, 2.75) is 45.3 Å². The molecule has 2 aromatic rings. The molecule has 4 rings (SSSR count). The van der Waals surface area contributed by atoms with Gasteiger partial charge in [-0.15, -0.1) is 5.10 Å². The van der Waals surface area contributed by atoms with Gasteiger partial charge in [0.05, 0.1) is 17.5 Å². The summed E-state index contributed by atoms with van der Waals surface area (Å²) in [5, 5.41) is 21.6. The number of aliphatic hydroxyl groups excluding tert-OH is 1. The van der Waals surface area contributed by atoms with E-state index in [4.69, 9.17) is 4.74 Å². The number of hydrogen-bond donors (Lipinski definition) is 2. The highest BCUT2D eigenvalue weighted by Crippen LogP contribution is 2.49. The van der Waals surface area contributed by atoms with Crippen LogP contribution in [0.3, 0.4) is 0 Å². The molecular weight excluding hydrogens is 332 g/mol. The Morgan fingerprint density at radius 2 is 1.96 bits per heavy atom. The van der Waals surface area contributed by atoms with Crippen molar-refractivity contribution in [3.63, 3.8) is 0 Å². The molecule has 0 radical (unpaired) electrons. The molecule has 2 fully saturated rings. The van der Waals surface area contributed by atoms with Crippen LogP contribution in [-0.4, -0.2) is 51.4 Å². The lowest BCUT2D eigenvalue weighted by molar-refractivity contribution is -0.145. The third kappa shape index (κ3) is 2.71. The van der Waals surface area contributed by atoms with Gasteiger partial charge in [-0.05, 0) is 45.2 Å². The number of hydrogen-bond acceptors (Lipinski definition) is 5. The number of benzene rings is 1. The molecule has 1 saturated heterocycles. The minimum atomic E-state index is -0.374. The number of aryl methyl sites for hydroxylation is 1. The van der Waals surface area contributed by atoms with Gasteiger partial charge in [0.25, 0.3) is 5.91 Å². The molecular formula is C19H24N4O3. The lowest BCUT2D eigenvalue weighted by Crippen LogP contribution is -2.65. The number of carbonyl (C=O) groups excluding carboxylic acids is 1. The standard InChI is InChI=1S/C19H24N4O3/c1-12-3-5-14(6-4-12)23-13(2)17(21-22-23)18(25)20-15-11-16(24)19(15)7-9-26-10-8-19/h3-6,15-16,24H,7-11H2,1-2H3,(H,20,25)/t15-,16-/m1/s1. The van der Waals surface area contributed by atoms with Crippen molar-refractivity contribution in [1.82, 2.24) is 20.3 Å². The van der Waals surface area contributed by atoms with E-state index >= 15 is 0 Å². The van der Waals surface area contributed by atoms with Crippen molar-refractivity contribution >= 4 is 5.91 Å². The number of aromatic nitrogens is 3. The van der Waals surface area contributed by atoms with Gasteiger partial charge in [-0.1, -0.05) is 22.9 Å². The molecule has 7 nitrogen and oxygen atoms in total. The second-order valence-electron chi connectivity index (χ2n) is 7.39. The maximum absolute atomic E-state index is 12.8. The summed E-state index contributed by atoms with van der Waals surface area (Å²) < 4.78 is 7.09. The second-order valence-corrected chi connectivity index (χ2v) is 7.39. The normalized spacial score (nSPS) is 24.3. The summed E-state index contributed by atoms with van der Waals surface area (Å²) in [6.45, 7) is 5.13. The quantitative estimate of drug-likeness (QED) is 0.871. The number of nitrogens with zero attached hydrogens (tertiary/aromatic N) is 3. The molecule has 2 N–H and O–H groups in total. The van der Waals surface area contributed by atoms with Gasteiger partial charge in [0.1, 0.15) is 0 Å². The zero-order valence-corrected chi connectivity index (χ0v) is 15.1. The van der Waals surface area contributed by atoms with Crippen LogP contribution in [0, 0.1) is 19.3 Å². The van der Waals surface area contributed by atoms with Crippen molar-refractivity contribution in [1.29, 1.82) is 0 Å². The van der Waals surface area contributed by atoms with Gasteiger partial charge < -0.3 is 15.2 Å². The lowest BCUT2D eigenvalue weighted by atomic mass is 9.58. The lowest BCUT2D eigenvalue weighted by Gasteiger charge is -2.55. The van der Waals surface area contributed by atoms with Crippen LogP contribution < -0.4 is 5.32 Å². The van der Waals surface area contributed by atoms with E-state index in [1.165, 1.54) is 0 Å². The summed E-state index contributed by atoms with van der Waals surface area (Å²) in [4.78, 5) is 12.8. The Morgan fingerprint density at radius 1 is 1.27 bits per heavy atom. The summed E-state index contributed by atoms with van der Waals surface area (Å²) in [5.41, 5.74) is 2.81. The Bertz CT molecular complexity index is 809. The number of carbonyl (C=O) groups is 1. The van der Waals surface area contributed by atoms with Crippen LogP contribution in [0.25, 0.3) is 5.69 Å². The third-order valence-corrected chi connectivity index (χ3v) is 5.93. The molecule has 1 aliphatic heterocycles. The summed E-state index contributed by atoms with van der Waals surface area (Å²) in [5.74, 6) is -0.233. The highest BCUT2D eigenvalue weighted by atomic mass is 16.5. The predicted molar refractivity (Wildman–Crippen MR) is 95.2 cm³/mol. The van der Waals surface area contributed by atoms with E-state index in [2.05, 4.69) is 15.6 Å². The molecule has 0 unspecified atom stereocenters. The number of ether oxygens (including phenoxy) is 1. The molecule has 7 heteroatoms. The van der Waals surface area contributed by atoms with Crippen LogP contribution in [0.5, 0.6) is 0 Å². The molecule has 26 heavy (non-hydrogen) atoms. The molecule has 1 aromatic heterocycles. The topological polar surface area (TPSA) is 89.3 Å². The highest BCUT2D eigenvalue weighted by Gasteiger charge is 2.55. The number of amides is 1. The fourth-order valence-electron chi connectivity index (χ4n) is 4.10. The van der Waals surface area contributed by atoms with E-state index < -0.39 is 0 Å². The summed E-state index contributed by atoms with van der Waals surface area (Å²) in [7, 11) is 0. The molecule has 2 atom stereocenters. The van der Waals surface area contributed by atoms with Gasteiger partial charge in [0.15, 0.2) is 5.69 Å². The molecule has 2 heterocycles. The van der Waals surface area contributed by atoms with Crippen molar-refractivity contribution in [2.75, 3.05) is 13.2 Å². The Morgan fingerprint density at radius 3 is 2.62 bits per heavy atom. The van der Waals surface area contributed by atoms with Gasteiger partial charge in [-0.3, -0.25) is 4.79 Å². The molecule has 1 aliphatic carbocycles. The molecule has 138 valence electrons. The molecule has 2 aliphatic rings.